The Balaban J connectivity index is 1.75. The first-order chi connectivity index (χ1) is 11.3. The molecule has 0 heterocycles. The molecule has 0 saturated carbocycles. The van der Waals surface area contributed by atoms with E-state index in [0.29, 0.717) is 39.6 Å². The summed E-state index contributed by atoms with van der Waals surface area (Å²) in [4.78, 5) is 0. The van der Waals surface area contributed by atoms with E-state index in [2.05, 4.69) is 31.7 Å². The lowest BCUT2D eigenvalue weighted by Gasteiger charge is -2.10. The second-order valence-electron chi connectivity index (χ2n) is 5.59. The van der Waals surface area contributed by atoms with Gasteiger partial charge >= 0.3 is 0 Å². The van der Waals surface area contributed by atoms with Gasteiger partial charge in [0.1, 0.15) is 12.4 Å². The molecule has 1 aromatic carbocycles. The Morgan fingerprint density at radius 3 is 2.57 bits per heavy atom. The molecule has 2 N–H and O–H groups in total. The molecule has 0 amide bonds. The van der Waals surface area contributed by atoms with E-state index >= 15 is 0 Å². The molecule has 1 aliphatic carbocycles. The van der Waals surface area contributed by atoms with Crippen LogP contribution in [0.25, 0.3) is 5.57 Å². The maximum atomic E-state index is 5.79. The zero-order valence-corrected chi connectivity index (χ0v) is 14.7. The Bertz CT molecular complexity index is 531. The topological polar surface area (TPSA) is 53.7 Å². The molecule has 1 aliphatic rings. The summed E-state index contributed by atoms with van der Waals surface area (Å²) >= 11 is 4.08. The van der Waals surface area contributed by atoms with Crippen molar-refractivity contribution in [2.45, 2.75) is 19.8 Å². The Morgan fingerprint density at radius 2 is 1.83 bits per heavy atom. The van der Waals surface area contributed by atoms with Crippen molar-refractivity contribution in [1.29, 1.82) is 0 Å². The second-order valence-corrected chi connectivity index (χ2v) is 6.04. The van der Waals surface area contributed by atoms with Gasteiger partial charge in [-0.05, 0) is 55.1 Å². The monoisotopic (exact) mass is 337 g/mol. The van der Waals surface area contributed by atoms with Crippen molar-refractivity contribution in [2.75, 3.05) is 45.3 Å². The molecule has 4 nitrogen and oxygen atoms in total. The first kappa shape index (κ1) is 18.3. The summed E-state index contributed by atoms with van der Waals surface area (Å²) in [5.74, 6) is 1.63. The molecule has 0 radical (unpaired) electrons. The quantitative estimate of drug-likeness (QED) is 0.481. The Labute approximate surface area is 144 Å². The standard InChI is InChI=1S/C18H27NO3S/c1-14-12-15-2-3-16(13-18(15)17(14)4-5-19)22-9-8-20-6-7-21-10-11-23/h2-3,13,23H,4-12,19H2,1H3. The Hall–Kier alpha value is -1.01. The van der Waals surface area contributed by atoms with Crippen molar-refractivity contribution in [2.24, 2.45) is 5.73 Å². The predicted molar refractivity (Wildman–Crippen MR) is 97.4 cm³/mol. The van der Waals surface area contributed by atoms with Gasteiger partial charge < -0.3 is 19.9 Å². The molecule has 128 valence electrons. The van der Waals surface area contributed by atoms with Crippen LogP contribution >= 0.6 is 12.6 Å². The van der Waals surface area contributed by atoms with Crippen molar-refractivity contribution in [3.63, 3.8) is 0 Å². The normalized spacial score (nSPS) is 13.5. The molecule has 5 heteroatoms. The molecule has 0 spiro atoms. The minimum atomic E-state index is 0.542. The smallest absolute Gasteiger partial charge is 0.120 e. The summed E-state index contributed by atoms with van der Waals surface area (Å²) in [5, 5.41) is 0. The van der Waals surface area contributed by atoms with Crippen LogP contribution in [0.15, 0.2) is 23.8 Å². The van der Waals surface area contributed by atoms with Gasteiger partial charge in [-0.1, -0.05) is 11.6 Å². The van der Waals surface area contributed by atoms with Crippen molar-refractivity contribution in [3.05, 3.63) is 34.9 Å². The van der Waals surface area contributed by atoms with Gasteiger partial charge in [0.2, 0.25) is 0 Å². The number of hydrogen-bond acceptors (Lipinski definition) is 5. The molecular weight excluding hydrogens is 310 g/mol. The maximum absolute atomic E-state index is 5.79. The summed E-state index contributed by atoms with van der Waals surface area (Å²) in [6.07, 6.45) is 1.96. The molecule has 0 aliphatic heterocycles. The second kappa shape index (κ2) is 9.98. The first-order valence-corrected chi connectivity index (χ1v) is 8.80. The van der Waals surface area contributed by atoms with Crippen LogP contribution in [0.3, 0.4) is 0 Å². The third kappa shape index (κ3) is 5.53. The fourth-order valence-corrected chi connectivity index (χ4v) is 2.93. The van der Waals surface area contributed by atoms with Gasteiger partial charge in [0, 0.05) is 5.75 Å². The Kier molecular flexibility index (Phi) is 7.95. The van der Waals surface area contributed by atoms with Gasteiger partial charge in [0.05, 0.1) is 26.4 Å². The predicted octanol–water partition coefficient (Wildman–Crippen LogP) is 2.71. The summed E-state index contributed by atoms with van der Waals surface area (Å²) in [5.41, 5.74) is 11.2. The van der Waals surface area contributed by atoms with E-state index < -0.39 is 0 Å². The fraction of sp³-hybridized carbons (Fsp3) is 0.556. The lowest BCUT2D eigenvalue weighted by Crippen LogP contribution is -2.11. The van der Waals surface area contributed by atoms with Crippen LogP contribution in [0, 0.1) is 0 Å². The van der Waals surface area contributed by atoms with Crippen LogP contribution in [0.4, 0.5) is 0 Å². The number of ether oxygens (including phenoxy) is 3. The van der Waals surface area contributed by atoms with E-state index in [-0.39, 0.29) is 0 Å². The van der Waals surface area contributed by atoms with Crippen molar-refractivity contribution in [1.82, 2.24) is 0 Å². The molecule has 1 aromatic rings. The summed E-state index contributed by atoms with van der Waals surface area (Å²) in [7, 11) is 0. The van der Waals surface area contributed by atoms with Crippen LogP contribution in [0.5, 0.6) is 5.75 Å². The first-order valence-electron chi connectivity index (χ1n) is 8.17. The lowest BCUT2D eigenvalue weighted by atomic mass is 10.0. The highest BCUT2D eigenvalue weighted by molar-refractivity contribution is 7.80. The van der Waals surface area contributed by atoms with Crippen LogP contribution in [-0.2, 0) is 15.9 Å². The number of rotatable bonds is 11. The molecule has 0 bridgehead atoms. The van der Waals surface area contributed by atoms with Crippen LogP contribution in [-0.4, -0.2) is 45.3 Å². The number of fused-ring (bicyclic) bond motifs is 1. The number of nitrogens with two attached hydrogens (primary N) is 1. The SMILES string of the molecule is CC1=C(CCN)c2cc(OCCOCCOCCS)ccc2C1. The van der Waals surface area contributed by atoms with E-state index in [1.54, 1.807) is 0 Å². The van der Waals surface area contributed by atoms with Gasteiger partial charge in [-0.2, -0.15) is 12.6 Å². The molecular formula is C18H27NO3S. The third-order valence-electron chi connectivity index (χ3n) is 3.88. The van der Waals surface area contributed by atoms with Crippen LogP contribution in [0.2, 0.25) is 0 Å². The molecule has 0 unspecified atom stereocenters. The molecule has 0 aromatic heterocycles. The molecule has 0 fully saturated rings. The number of allylic oxidation sites excluding steroid dienone is 1. The van der Waals surface area contributed by atoms with Gasteiger partial charge in [-0.15, -0.1) is 0 Å². The van der Waals surface area contributed by atoms with Crippen LogP contribution < -0.4 is 10.5 Å². The van der Waals surface area contributed by atoms with Gasteiger partial charge in [0.15, 0.2) is 0 Å². The molecule has 2 rings (SSSR count). The summed E-state index contributed by atoms with van der Waals surface area (Å²) < 4.78 is 16.5. The largest absolute Gasteiger partial charge is 0.491 e. The van der Waals surface area contributed by atoms with E-state index in [4.69, 9.17) is 19.9 Å². The van der Waals surface area contributed by atoms with E-state index in [9.17, 15) is 0 Å². The molecule has 23 heavy (non-hydrogen) atoms. The minimum absolute atomic E-state index is 0.542. The van der Waals surface area contributed by atoms with E-state index in [1.807, 2.05) is 6.07 Å². The van der Waals surface area contributed by atoms with Crippen molar-refractivity contribution in [3.8, 4) is 5.75 Å². The highest BCUT2D eigenvalue weighted by Crippen LogP contribution is 2.36. The minimum Gasteiger partial charge on any atom is -0.491 e. The average molecular weight is 337 g/mol. The average Bonchev–Trinajstić information content (AvgIpc) is 2.86. The van der Waals surface area contributed by atoms with Crippen molar-refractivity contribution >= 4 is 18.2 Å². The number of benzene rings is 1. The highest BCUT2D eigenvalue weighted by Gasteiger charge is 2.18. The summed E-state index contributed by atoms with van der Waals surface area (Å²) in [6, 6.07) is 6.32. The number of hydrogen-bond donors (Lipinski definition) is 2. The third-order valence-corrected chi connectivity index (χ3v) is 4.06. The zero-order valence-electron chi connectivity index (χ0n) is 13.8. The van der Waals surface area contributed by atoms with E-state index in [0.717, 1.165) is 24.3 Å². The summed E-state index contributed by atoms with van der Waals surface area (Å²) in [6.45, 7) is 5.83. The molecule has 0 saturated heterocycles. The zero-order chi connectivity index (χ0) is 16.5. The number of thiol groups is 1. The maximum Gasteiger partial charge on any atom is 0.120 e. The molecule has 0 atom stereocenters. The van der Waals surface area contributed by atoms with Gasteiger partial charge in [-0.3, -0.25) is 0 Å². The van der Waals surface area contributed by atoms with Crippen molar-refractivity contribution < 1.29 is 14.2 Å². The lowest BCUT2D eigenvalue weighted by molar-refractivity contribution is 0.0413. The van der Waals surface area contributed by atoms with Crippen LogP contribution in [0.1, 0.15) is 24.5 Å². The van der Waals surface area contributed by atoms with Gasteiger partial charge in [0.25, 0.3) is 0 Å². The van der Waals surface area contributed by atoms with Gasteiger partial charge in [-0.25, -0.2) is 0 Å². The van der Waals surface area contributed by atoms with E-state index in [1.165, 1.54) is 22.3 Å². The fourth-order valence-electron chi connectivity index (χ4n) is 2.80. The Morgan fingerprint density at radius 1 is 1.09 bits per heavy atom. The highest BCUT2D eigenvalue weighted by atomic mass is 32.1.